The van der Waals surface area contributed by atoms with Gasteiger partial charge in [-0.15, -0.1) is 0 Å². The number of halogens is 1. The molecule has 2 amide bonds. The third kappa shape index (κ3) is 4.40. The number of ether oxygens (including phenoxy) is 1. The first-order valence-corrected chi connectivity index (χ1v) is 5.35. The van der Waals surface area contributed by atoms with Crippen molar-refractivity contribution in [3.05, 3.63) is 29.6 Å². The van der Waals surface area contributed by atoms with Crippen LogP contribution in [0.4, 0.5) is 14.9 Å². The van der Waals surface area contributed by atoms with Crippen LogP contribution in [0, 0.1) is 12.7 Å². The molecule has 0 saturated carbocycles. The van der Waals surface area contributed by atoms with E-state index in [2.05, 4.69) is 10.6 Å². The number of urea groups is 1. The van der Waals surface area contributed by atoms with Gasteiger partial charge in [0.25, 0.3) is 0 Å². The average Bonchev–Trinajstić information content (AvgIpc) is 2.23. The molecule has 1 aromatic carbocycles. The van der Waals surface area contributed by atoms with Crippen LogP contribution < -0.4 is 10.6 Å². The molecule has 0 saturated heterocycles. The van der Waals surface area contributed by atoms with E-state index in [1.54, 1.807) is 20.1 Å². The molecule has 5 heteroatoms. The maximum absolute atomic E-state index is 13.0. The van der Waals surface area contributed by atoms with Gasteiger partial charge >= 0.3 is 6.03 Å². The molecular formula is C12H17FN2O2. The Hall–Kier alpha value is -1.62. The number of amides is 2. The summed E-state index contributed by atoms with van der Waals surface area (Å²) in [6, 6.07) is 3.78. The summed E-state index contributed by atoms with van der Waals surface area (Å²) in [4.78, 5) is 11.6. The van der Waals surface area contributed by atoms with Crippen LogP contribution in [0.5, 0.6) is 0 Å². The van der Waals surface area contributed by atoms with E-state index < -0.39 is 0 Å². The van der Waals surface area contributed by atoms with Crippen molar-refractivity contribution in [1.29, 1.82) is 0 Å². The number of carbonyl (C=O) groups excluding carboxylic acids is 1. The fourth-order valence-electron chi connectivity index (χ4n) is 1.40. The lowest BCUT2D eigenvalue weighted by atomic mass is 10.2. The normalized spacial score (nSPS) is 12.0. The van der Waals surface area contributed by atoms with Crippen LogP contribution in [-0.2, 0) is 4.74 Å². The van der Waals surface area contributed by atoms with Crippen molar-refractivity contribution in [2.24, 2.45) is 0 Å². The SMILES string of the molecule is COC[C@H](C)NC(=O)Nc1cc(F)ccc1C. The fraction of sp³-hybridized carbons (Fsp3) is 0.417. The highest BCUT2D eigenvalue weighted by Gasteiger charge is 2.08. The minimum absolute atomic E-state index is 0.103. The summed E-state index contributed by atoms with van der Waals surface area (Å²) in [5.41, 5.74) is 1.27. The minimum Gasteiger partial charge on any atom is -0.383 e. The van der Waals surface area contributed by atoms with Gasteiger partial charge in [-0.3, -0.25) is 0 Å². The average molecular weight is 240 g/mol. The van der Waals surface area contributed by atoms with Gasteiger partial charge < -0.3 is 15.4 Å². The number of aryl methyl sites for hydroxylation is 1. The Labute approximate surface area is 100 Å². The second kappa shape index (κ2) is 6.20. The van der Waals surface area contributed by atoms with Crippen molar-refractivity contribution in [2.45, 2.75) is 19.9 Å². The number of hydrogen-bond donors (Lipinski definition) is 2. The summed E-state index contributed by atoms with van der Waals surface area (Å²) in [6.45, 7) is 4.05. The number of rotatable bonds is 4. The van der Waals surface area contributed by atoms with E-state index in [1.807, 2.05) is 6.92 Å². The lowest BCUT2D eigenvalue weighted by Crippen LogP contribution is -2.38. The first-order chi connectivity index (χ1) is 8.02. The highest BCUT2D eigenvalue weighted by atomic mass is 19.1. The molecule has 1 aromatic rings. The standard InChI is InChI=1S/C12H17FN2O2/c1-8-4-5-10(13)6-11(8)15-12(16)14-9(2)7-17-3/h4-6,9H,7H2,1-3H3,(H2,14,15,16)/t9-/m0/s1. The Morgan fingerprint density at radius 3 is 2.88 bits per heavy atom. The zero-order valence-electron chi connectivity index (χ0n) is 10.2. The summed E-state index contributed by atoms with van der Waals surface area (Å²) >= 11 is 0. The monoisotopic (exact) mass is 240 g/mol. The zero-order valence-corrected chi connectivity index (χ0v) is 10.2. The molecule has 0 heterocycles. The van der Waals surface area contributed by atoms with Crippen molar-refractivity contribution in [3.8, 4) is 0 Å². The van der Waals surface area contributed by atoms with Crippen LogP contribution in [0.15, 0.2) is 18.2 Å². The van der Waals surface area contributed by atoms with Crippen molar-refractivity contribution < 1.29 is 13.9 Å². The van der Waals surface area contributed by atoms with Crippen LogP contribution in [0.2, 0.25) is 0 Å². The van der Waals surface area contributed by atoms with Gasteiger partial charge in [0, 0.05) is 12.8 Å². The molecule has 17 heavy (non-hydrogen) atoms. The molecule has 0 aliphatic carbocycles. The fourth-order valence-corrected chi connectivity index (χ4v) is 1.40. The molecule has 0 spiro atoms. The molecule has 1 atom stereocenters. The molecule has 4 nitrogen and oxygen atoms in total. The van der Waals surface area contributed by atoms with Gasteiger partial charge in [-0.05, 0) is 31.5 Å². The van der Waals surface area contributed by atoms with Crippen LogP contribution in [0.3, 0.4) is 0 Å². The highest BCUT2D eigenvalue weighted by Crippen LogP contribution is 2.15. The Morgan fingerprint density at radius 1 is 1.53 bits per heavy atom. The predicted molar refractivity (Wildman–Crippen MR) is 64.6 cm³/mol. The number of benzene rings is 1. The van der Waals surface area contributed by atoms with Crippen molar-refractivity contribution >= 4 is 11.7 Å². The summed E-state index contributed by atoms with van der Waals surface area (Å²) in [5, 5.41) is 5.27. The first-order valence-electron chi connectivity index (χ1n) is 5.35. The molecule has 0 radical (unpaired) electrons. The molecule has 1 rings (SSSR count). The Morgan fingerprint density at radius 2 is 2.24 bits per heavy atom. The van der Waals surface area contributed by atoms with Gasteiger partial charge in [-0.2, -0.15) is 0 Å². The van der Waals surface area contributed by atoms with E-state index in [-0.39, 0.29) is 17.9 Å². The van der Waals surface area contributed by atoms with E-state index >= 15 is 0 Å². The van der Waals surface area contributed by atoms with Gasteiger partial charge in [0.15, 0.2) is 0 Å². The molecule has 0 unspecified atom stereocenters. The smallest absolute Gasteiger partial charge is 0.319 e. The first kappa shape index (κ1) is 13.4. The predicted octanol–water partition coefficient (Wildman–Crippen LogP) is 2.29. The summed E-state index contributed by atoms with van der Waals surface area (Å²) < 4.78 is 17.9. The topological polar surface area (TPSA) is 50.4 Å². The third-order valence-corrected chi connectivity index (χ3v) is 2.24. The van der Waals surface area contributed by atoms with Crippen LogP contribution in [0.25, 0.3) is 0 Å². The van der Waals surface area contributed by atoms with Crippen molar-refractivity contribution in [2.75, 3.05) is 19.0 Å². The molecule has 0 aliphatic rings. The highest BCUT2D eigenvalue weighted by molar-refractivity contribution is 5.90. The Kier molecular flexibility index (Phi) is 4.90. The lowest BCUT2D eigenvalue weighted by molar-refractivity contribution is 0.173. The largest absolute Gasteiger partial charge is 0.383 e. The number of hydrogen-bond acceptors (Lipinski definition) is 2. The molecule has 0 aromatic heterocycles. The van der Waals surface area contributed by atoms with E-state index in [9.17, 15) is 9.18 Å². The van der Waals surface area contributed by atoms with E-state index in [0.717, 1.165) is 5.56 Å². The second-order valence-electron chi connectivity index (χ2n) is 3.91. The van der Waals surface area contributed by atoms with Crippen LogP contribution >= 0.6 is 0 Å². The molecular weight excluding hydrogens is 223 g/mol. The summed E-state index contributed by atoms with van der Waals surface area (Å²) in [5.74, 6) is -0.379. The van der Waals surface area contributed by atoms with Crippen LogP contribution in [0.1, 0.15) is 12.5 Å². The summed E-state index contributed by atoms with van der Waals surface area (Å²) in [6.07, 6.45) is 0. The molecule has 0 fully saturated rings. The number of carbonyl (C=O) groups is 1. The number of anilines is 1. The maximum atomic E-state index is 13.0. The molecule has 0 bridgehead atoms. The molecule has 0 aliphatic heterocycles. The van der Waals surface area contributed by atoms with E-state index in [1.165, 1.54) is 12.1 Å². The van der Waals surface area contributed by atoms with Gasteiger partial charge in [0.1, 0.15) is 5.82 Å². The van der Waals surface area contributed by atoms with Gasteiger partial charge in [0.2, 0.25) is 0 Å². The van der Waals surface area contributed by atoms with Crippen LogP contribution in [-0.4, -0.2) is 25.8 Å². The van der Waals surface area contributed by atoms with Gasteiger partial charge in [0.05, 0.1) is 12.6 Å². The third-order valence-electron chi connectivity index (χ3n) is 2.24. The Bertz CT molecular complexity index is 396. The van der Waals surface area contributed by atoms with E-state index in [4.69, 9.17) is 4.74 Å². The number of nitrogens with one attached hydrogen (secondary N) is 2. The Balaban J connectivity index is 2.58. The second-order valence-corrected chi connectivity index (χ2v) is 3.91. The molecule has 94 valence electrons. The van der Waals surface area contributed by atoms with Crippen molar-refractivity contribution in [3.63, 3.8) is 0 Å². The van der Waals surface area contributed by atoms with Crippen molar-refractivity contribution in [1.82, 2.24) is 5.32 Å². The summed E-state index contributed by atoms with van der Waals surface area (Å²) in [7, 11) is 1.56. The minimum atomic E-state index is -0.379. The number of methoxy groups -OCH3 is 1. The van der Waals surface area contributed by atoms with Gasteiger partial charge in [-0.25, -0.2) is 9.18 Å². The van der Waals surface area contributed by atoms with Gasteiger partial charge in [-0.1, -0.05) is 6.07 Å². The zero-order chi connectivity index (χ0) is 12.8. The van der Waals surface area contributed by atoms with E-state index in [0.29, 0.717) is 12.3 Å². The quantitative estimate of drug-likeness (QED) is 0.848. The maximum Gasteiger partial charge on any atom is 0.319 e. The lowest BCUT2D eigenvalue weighted by Gasteiger charge is -2.14. The molecule has 2 N–H and O–H groups in total.